The number of aromatic hydroxyl groups is 1. The first-order valence-corrected chi connectivity index (χ1v) is 9.32. The Labute approximate surface area is 155 Å². The molecule has 1 fully saturated rings. The Morgan fingerprint density at radius 2 is 2.08 bits per heavy atom. The van der Waals surface area contributed by atoms with Gasteiger partial charge in [-0.25, -0.2) is 0 Å². The maximum atomic E-state index is 12.1. The minimum Gasteiger partial charge on any atom is -0.503 e. The van der Waals surface area contributed by atoms with Crippen molar-refractivity contribution in [2.24, 2.45) is 5.92 Å². The van der Waals surface area contributed by atoms with E-state index in [9.17, 15) is 9.90 Å². The molecule has 3 heterocycles. The minimum atomic E-state index is 0.114. The van der Waals surface area contributed by atoms with Gasteiger partial charge in [0.1, 0.15) is 0 Å². The van der Waals surface area contributed by atoms with Crippen LogP contribution in [-0.2, 0) is 13.1 Å². The number of nitrogens with zero attached hydrogens (tertiary/aromatic N) is 2. The molecular formula is C19H21BrN2O3. The van der Waals surface area contributed by atoms with Gasteiger partial charge in [-0.1, -0.05) is 12.1 Å². The van der Waals surface area contributed by atoms with Crippen LogP contribution in [0.2, 0.25) is 0 Å². The fourth-order valence-corrected chi connectivity index (χ4v) is 4.69. The summed E-state index contributed by atoms with van der Waals surface area (Å²) in [5.74, 6) is 1.51. The van der Waals surface area contributed by atoms with Gasteiger partial charge in [-0.2, -0.15) is 0 Å². The highest BCUT2D eigenvalue weighted by Crippen LogP contribution is 2.39. The number of ether oxygens (including phenoxy) is 1. The summed E-state index contributed by atoms with van der Waals surface area (Å²) in [7, 11) is 1.55. The van der Waals surface area contributed by atoms with Gasteiger partial charge in [0.15, 0.2) is 11.5 Å². The van der Waals surface area contributed by atoms with Gasteiger partial charge in [0, 0.05) is 43.9 Å². The van der Waals surface area contributed by atoms with Gasteiger partial charge in [-0.05, 0) is 46.0 Å². The monoisotopic (exact) mass is 404 g/mol. The van der Waals surface area contributed by atoms with E-state index in [4.69, 9.17) is 4.74 Å². The fraction of sp³-hybridized carbons (Fsp3) is 0.421. The minimum absolute atomic E-state index is 0.114. The molecule has 4 rings (SSSR count). The van der Waals surface area contributed by atoms with E-state index in [2.05, 4.69) is 26.9 Å². The van der Waals surface area contributed by atoms with Crippen LogP contribution in [0.1, 0.15) is 23.6 Å². The number of pyridine rings is 1. The molecule has 132 valence electrons. The second kappa shape index (κ2) is 6.50. The molecule has 2 aliphatic heterocycles. The molecule has 1 aromatic carbocycles. The first-order chi connectivity index (χ1) is 12.1. The lowest BCUT2D eigenvalue weighted by molar-refractivity contribution is 0.114. The van der Waals surface area contributed by atoms with Crippen LogP contribution in [0, 0.1) is 5.92 Å². The quantitative estimate of drug-likeness (QED) is 0.854. The van der Waals surface area contributed by atoms with Crippen molar-refractivity contribution in [2.45, 2.75) is 25.4 Å². The van der Waals surface area contributed by atoms with Gasteiger partial charge in [0.25, 0.3) is 5.56 Å². The van der Waals surface area contributed by atoms with Gasteiger partial charge >= 0.3 is 0 Å². The average molecular weight is 405 g/mol. The lowest BCUT2D eigenvalue weighted by Crippen LogP contribution is -2.46. The van der Waals surface area contributed by atoms with Crippen LogP contribution in [0.15, 0.2) is 39.6 Å². The van der Waals surface area contributed by atoms with E-state index >= 15 is 0 Å². The van der Waals surface area contributed by atoms with Crippen LogP contribution in [0.5, 0.6) is 11.5 Å². The molecule has 0 amide bonds. The molecule has 1 saturated heterocycles. The van der Waals surface area contributed by atoms with Crippen molar-refractivity contribution in [1.82, 2.24) is 9.47 Å². The normalized spacial score (nSPS) is 22.5. The summed E-state index contributed by atoms with van der Waals surface area (Å²) in [5, 5.41) is 10.2. The number of aromatic nitrogens is 1. The van der Waals surface area contributed by atoms with Gasteiger partial charge in [0.05, 0.1) is 11.6 Å². The standard InChI is InChI=1S/C19H21BrN2O3/c1-25-16-6-5-13(18(20)19(16)24)10-21-8-12-7-14(11-21)15-3-2-4-17(23)22(15)9-12/h2-6,12,14,24H,7-11H2,1H3/t12-,14+/m0/s1. The van der Waals surface area contributed by atoms with Gasteiger partial charge in [-0.15, -0.1) is 0 Å². The summed E-state index contributed by atoms with van der Waals surface area (Å²) >= 11 is 3.49. The lowest BCUT2D eigenvalue weighted by atomic mass is 9.83. The molecule has 2 bridgehead atoms. The predicted octanol–water partition coefficient (Wildman–Crippen LogP) is 2.94. The molecule has 0 unspecified atom stereocenters. The van der Waals surface area contributed by atoms with Crippen LogP contribution in [0.3, 0.4) is 0 Å². The number of piperidine rings is 1. The first-order valence-electron chi connectivity index (χ1n) is 8.53. The van der Waals surface area contributed by atoms with Crippen molar-refractivity contribution in [3.63, 3.8) is 0 Å². The Morgan fingerprint density at radius 3 is 2.88 bits per heavy atom. The Morgan fingerprint density at radius 1 is 1.24 bits per heavy atom. The summed E-state index contributed by atoms with van der Waals surface area (Å²) < 4.78 is 7.80. The molecule has 6 heteroatoms. The molecule has 0 radical (unpaired) electrons. The summed E-state index contributed by atoms with van der Waals surface area (Å²) in [6.07, 6.45) is 1.15. The van der Waals surface area contributed by atoms with Crippen LogP contribution in [0.4, 0.5) is 0 Å². The second-order valence-electron chi connectivity index (χ2n) is 6.98. The number of hydrogen-bond acceptors (Lipinski definition) is 4. The van der Waals surface area contributed by atoms with Crippen molar-refractivity contribution in [3.05, 3.63) is 56.4 Å². The van der Waals surface area contributed by atoms with E-state index in [1.807, 2.05) is 16.7 Å². The van der Waals surface area contributed by atoms with E-state index in [1.165, 1.54) is 0 Å². The number of fused-ring (bicyclic) bond motifs is 4. The molecule has 2 aliphatic rings. The molecule has 0 aliphatic carbocycles. The molecule has 0 saturated carbocycles. The number of methoxy groups -OCH3 is 1. The third kappa shape index (κ3) is 2.98. The van der Waals surface area contributed by atoms with E-state index in [-0.39, 0.29) is 11.3 Å². The topological polar surface area (TPSA) is 54.7 Å². The maximum Gasteiger partial charge on any atom is 0.250 e. The van der Waals surface area contributed by atoms with Crippen LogP contribution in [-0.4, -0.2) is 34.8 Å². The number of hydrogen-bond donors (Lipinski definition) is 1. The van der Waals surface area contributed by atoms with Crippen LogP contribution < -0.4 is 10.3 Å². The molecule has 0 spiro atoms. The number of halogens is 1. The molecule has 2 aromatic rings. The summed E-state index contributed by atoms with van der Waals surface area (Å²) in [6.45, 7) is 3.47. The number of benzene rings is 1. The van der Waals surface area contributed by atoms with Crippen LogP contribution >= 0.6 is 15.9 Å². The van der Waals surface area contributed by atoms with Gasteiger partial charge in [0.2, 0.25) is 0 Å². The average Bonchev–Trinajstić information content (AvgIpc) is 2.60. The van der Waals surface area contributed by atoms with E-state index in [1.54, 1.807) is 19.2 Å². The molecule has 25 heavy (non-hydrogen) atoms. The molecule has 2 atom stereocenters. The third-order valence-electron chi connectivity index (χ3n) is 5.33. The first kappa shape index (κ1) is 16.7. The fourth-order valence-electron chi connectivity index (χ4n) is 4.24. The highest BCUT2D eigenvalue weighted by atomic mass is 79.9. The van der Waals surface area contributed by atoms with Crippen molar-refractivity contribution in [3.8, 4) is 11.5 Å². The zero-order valence-electron chi connectivity index (χ0n) is 14.1. The van der Waals surface area contributed by atoms with Crippen molar-refractivity contribution in [1.29, 1.82) is 0 Å². The zero-order chi connectivity index (χ0) is 17.6. The zero-order valence-corrected chi connectivity index (χ0v) is 15.7. The summed E-state index contributed by atoms with van der Waals surface area (Å²) in [5.41, 5.74) is 2.32. The Kier molecular flexibility index (Phi) is 4.33. The highest BCUT2D eigenvalue weighted by Gasteiger charge is 2.34. The van der Waals surface area contributed by atoms with E-state index < -0.39 is 0 Å². The van der Waals surface area contributed by atoms with Gasteiger partial charge < -0.3 is 14.4 Å². The highest BCUT2D eigenvalue weighted by molar-refractivity contribution is 9.10. The molecule has 5 nitrogen and oxygen atoms in total. The Hall–Kier alpha value is -1.79. The largest absolute Gasteiger partial charge is 0.503 e. The van der Waals surface area contributed by atoms with Crippen molar-refractivity contribution < 1.29 is 9.84 Å². The maximum absolute atomic E-state index is 12.1. The smallest absolute Gasteiger partial charge is 0.250 e. The number of rotatable bonds is 3. The SMILES string of the molecule is COc1ccc(CN2C[C@@H]3C[C@H](C2)c2cccc(=O)n2C3)c(Br)c1O. The van der Waals surface area contributed by atoms with Crippen molar-refractivity contribution in [2.75, 3.05) is 20.2 Å². The predicted molar refractivity (Wildman–Crippen MR) is 99.2 cm³/mol. The molecule has 1 N–H and O–H groups in total. The number of phenolic OH excluding ortho intramolecular Hbond substituents is 1. The van der Waals surface area contributed by atoms with Crippen molar-refractivity contribution >= 4 is 15.9 Å². The Bertz CT molecular complexity index is 864. The number of likely N-dealkylation sites (tertiary alicyclic amines) is 1. The third-order valence-corrected chi connectivity index (χ3v) is 6.21. The van der Waals surface area contributed by atoms with E-state index in [0.717, 1.165) is 43.9 Å². The summed E-state index contributed by atoms with van der Waals surface area (Å²) in [6, 6.07) is 9.40. The number of phenols is 1. The Balaban J connectivity index is 1.57. The molecule has 1 aromatic heterocycles. The van der Waals surface area contributed by atoms with Gasteiger partial charge in [-0.3, -0.25) is 9.69 Å². The van der Waals surface area contributed by atoms with E-state index in [0.29, 0.717) is 22.1 Å². The molecular weight excluding hydrogens is 384 g/mol. The van der Waals surface area contributed by atoms with Crippen LogP contribution in [0.25, 0.3) is 0 Å². The summed E-state index contributed by atoms with van der Waals surface area (Å²) in [4.78, 5) is 14.5. The lowest BCUT2D eigenvalue weighted by Gasteiger charge is -2.42. The second-order valence-corrected chi connectivity index (χ2v) is 7.77.